The van der Waals surface area contributed by atoms with E-state index < -0.39 is 5.41 Å². The van der Waals surface area contributed by atoms with E-state index in [0.717, 1.165) is 43.0 Å². The number of methoxy groups -OCH3 is 1. The lowest BCUT2D eigenvalue weighted by atomic mass is 9.78. The average molecular weight is 467 g/mol. The molecule has 1 fully saturated rings. The fourth-order valence-electron chi connectivity index (χ4n) is 3.76. The van der Waals surface area contributed by atoms with Gasteiger partial charge in [0.1, 0.15) is 18.0 Å². The van der Waals surface area contributed by atoms with E-state index in [2.05, 4.69) is 15.6 Å². The number of nitrogens with one attached hydrogen (secondary N) is 2. The Hall–Kier alpha value is -2.32. The van der Waals surface area contributed by atoms with E-state index in [9.17, 15) is 4.79 Å². The summed E-state index contributed by atoms with van der Waals surface area (Å²) >= 11 is 0. The zero-order valence-corrected chi connectivity index (χ0v) is 19.0. The fourth-order valence-corrected chi connectivity index (χ4v) is 3.76. The summed E-state index contributed by atoms with van der Waals surface area (Å²) in [5.41, 5.74) is 1.96. The first-order valence-corrected chi connectivity index (χ1v) is 9.85. The quantitative estimate of drug-likeness (QED) is 0.554. The number of hydrogen-bond acceptors (Lipinski definition) is 5. The van der Waals surface area contributed by atoms with Crippen molar-refractivity contribution in [3.8, 4) is 5.75 Å². The van der Waals surface area contributed by atoms with E-state index in [-0.39, 0.29) is 30.7 Å². The number of piperidine rings is 1. The summed E-state index contributed by atoms with van der Waals surface area (Å²) in [4.78, 5) is 17.5. The third-order valence-electron chi connectivity index (χ3n) is 5.36. The molecule has 1 amide bonds. The molecule has 4 rings (SSSR count). The van der Waals surface area contributed by atoms with Crippen LogP contribution in [0.2, 0.25) is 0 Å². The summed E-state index contributed by atoms with van der Waals surface area (Å²) in [6.45, 7) is 2.42. The first-order valence-electron chi connectivity index (χ1n) is 9.85. The molecule has 3 aromatic rings. The van der Waals surface area contributed by atoms with Crippen LogP contribution < -0.4 is 15.4 Å². The summed E-state index contributed by atoms with van der Waals surface area (Å²) < 4.78 is 13.2. The van der Waals surface area contributed by atoms with E-state index in [1.165, 1.54) is 0 Å². The van der Waals surface area contributed by atoms with Crippen molar-refractivity contribution in [3.05, 3.63) is 60.6 Å². The lowest BCUT2D eigenvalue weighted by molar-refractivity contribution is -0.130. The number of nitrogens with zero attached hydrogens (tertiary/aromatic N) is 2. The summed E-state index contributed by atoms with van der Waals surface area (Å²) in [5, 5.41) is 6.36. The number of carbonyl (C=O) groups excluding carboxylic acids is 1. The molecular weight excluding hydrogens is 439 g/mol. The lowest BCUT2D eigenvalue weighted by Crippen LogP contribution is -2.47. The first-order chi connectivity index (χ1) is 14.2. The predicted molar refractivity (Wildman–Crippen MR) is 126 cm³/mol. The van der Waals surface area contributed by atoms with Crippen molar-refractivity contribution in [3.63, 3.8) is 0 Å². The molecule has 9 heteroatoms. The van der Waals surface area contributed by atoms with Crippen LogP contribution in [0.3, 0.4) is 0 Å². The van der Waals surface area contributed by atoms with Gasteiger partial charge in [0.15, 0.2) is 0 Å². The SMILES string of the molecule is COCC1(C(=O)Nc2cccc(OCc3cn4ccccc4n3)c2)CCNCC1.Cl.Cl. The van der Waals surface area contributed by atoms with Crippen molar-refractivity contribution in [2.45, 2.75) is 19.4 Å². The number of rotatable bonds is 7. The van der Waals surface area contributed by atoms with Crippen LogP contribution in [0.1, 0.15) is 18.5 Å². The Bertz CT molecular complexity index is 951. The second-order valence-electron chi connectivity index (χ2n) is 7.43. The molecule has 7 nitrogen and oxygen atoms in total. The van der Waals surface area contributed by atoms with Crippen molar-refractivity contribution < 1.29 is 14.3 Å². The maximum absolute atomic E-state index is 13.0. The second kappa shape index (κ2) is 11.3. The molecular formula is C22H28Cl2N4O3. The number of aromatic nitrogens is 2. The molecule has 1 aliphatic heterocycles. The van der Waals surface area contributed by atoms with Gasteiger partial charge in [-0.1, -0.05) is 12.1 Å². The van der Waals surface area contributed by atoms with Gasteiger partial charge in [0.2, 0.25) is 5.91 Å². The molecule has 0 saturated carbocycles. The lowest BCUT2D eigenvalue weighted by Gasteiger charge is -2.35. The van der Waals surface area contributed by atoms with Crippen LogP contribution in [0.15, 0.2) is 54.9 Å². The summed E-state index contributed by atoms with van der Waals surface area (Å²) in [6, 6.07) is 13.3. The van der Waals surface area contributed by atoms with E-state index in [4.69, 9.17) is 9.47 Å². The number of anilines is 1. The predicted octanol–water partition coefficient (Wildman–Crippen LogP) is 3.71. The molecule has 31 heavy (non-hydrogen) atoms. The van der Waals surface area contributed by atoms with Gasteiger partial charge in [-0.15, -0.1) is 24.8 Å². The molecule has 168 valence electrons. The van der Waals surface area contributed by atoms with Crippen molar-refractivity contribution in [2.75, 3.05) is 32.1 Å². The van der Waals surface area contributed by atoms with Crippen molar-refractivity contribution in [1.29, 1.82) is 0 Å². The third kappa shape index (κ3) is 5.89. The smallest absolute Gasteiger partial charge is 0.233 e. The van der Waals surface area contributed by atoms with Crippen LogP contribution in [0.25, 0.3) is 5.65 Å². The molecule has 0 radical (unpaired) electrons. The normalized spacial score (nSPS) is 14.9. The van der Waals surface area contributed by atoms with Crippen molar-refractivity contribution in [1.82, 2.24) is 14.7 Å². The number of fused-ring (bicyclic) bond motifs is 1. The molecule has 2 aromatic heterocycles. The second-order valence-corrected chi connectivity index (χ2v) is 7.43. The monoisotopic (exact) mass is 466 g/mol. The van der Waals surface area contributed by atoms with Gasteiger partial charge in [0.05, 0.1) is 17.7 Å². The Morgan fingerprint density at radius 2 is 2.00 bits per heavy atom. The minimum absolute atomic E-state index is 0. The van der Waals surface area contributed by atoms with Crippen LogP contribution in [-0.2, 0) is 16.1 Å². The molecule has 0 unspecified atom stereocenters. The maximum Gasteiger partial charge on any atom is 0.233 e. The highest BCUT2D eigenvalue weighted by molar-refractivity contribution is 5.95. The van der Waals surface area contributed by atoms with Crippen LogP contribution in [-0.4, -0.2) is 42.1 Å². The van der Waals surface area contributed by atoms with E-state index >= 15 is 0 Å². The van der Waals surface area contributed by atoms with Gasteiger partial charge in [-0.2, -0.15) is 0 Å². The zero-order chi connectivity index (χ0) is 20.1. The molecule has 1 aromatic carbocycles. The minimum atomic E-state index is -0.493. The molecule has 2 N–H and O–H groups in total. The summed E-state index contributed by atoms with van der Waals surface area (Å²) in [5.74, 6) is 0.685. The largest absolute Gasteiger partial charge is 0.487 e. The maximum atomic E-state index is 13.0. The van der Waals surface area contributed by atoms with Gasteiger partial charge in [-0.05, 0) is 50.2 Å². The fraction of sp³-hybridized carbons (Fsp3) is 0.364. The van der Waals surface area contributed by atoms with Gasteiger partial charge in [0, 0.05) is 31.3 Å². The molecule has 1 saturated heterocycles. The van der Waals surface area contributed by atoms with Crippen molar-refractivity contribution in [2.24, 2.45) is 5.41 Å². The van der Waals surface area contributed by atoms with E-state index in [0.29, 0.717) is 19.0 Å². The Balaban J connectivity index is 0.00000171. The Labute approximate surface area is 194 Å². The summed E-state index contributed by atoms with van der Waals surface area (Å²) in [6.07, 6.45) is 5.43. The topological polar surface area (TPSA) is 76.9 Å². The molecule has 0 bridgehead atoms. The highest BCUT2D eigenvalue weighted by atomic mass is 35.5. The Morgan fingerprint density at radius 1 is 1.19 bits per heavy atom. The van der Waals surface area contributed by atoms with Gasteiger partial charge in [0.25, 0.3) is 0 Å². The Morgan fingerprint density at radius 3 is 2.74 bits per heavy atom. The van der Waals surface area contributed by atoms with E-state index in [1.54, 1.807) is 7.11 Å². The van der Waals surface area contributed by atoms with Gasteiger partial charge >= 0.3 is 0 Å². The van der Waals surface area contributed by atoms with Crippen LogP contribution in [0, 0.1) is 5.41 Å². The first kappa shape index (κ1) is 24.9. The number of pyridine rings is 1. The van der Waals surface area contributed by atoms with Gasteiger partial charge in [-0.3, -0.25) is 4.79 Å². The number of imidazole rings is 1. The van der Waals surface area contributed by atoms with Crippen LogP contribution in [0.4, 0.5) is 5.69 Å². The van der Waals surface area contributed by atoms with Crippen molar-refractivity contribution >= 4 is 42.1 Å². The highest BCUT2D eigenvalue weighted by Crippen LogP contribution is 2.31. The van der Waals surface area contributed by atoms with Gasteiger partial charge in [-0.25, -0.2) is 4.98 Å². The Kier molecular flexibility index (Phi) is 9.13. The zero-order valence-electron chi connectivity index (χ0n) is 17.4. The highest BCUT2D eigenvalue weighted by Gasteiger charge is 2.39. The number of amides is 1. The number of hydrogen-bond donors (Lipinski definition) is 2. The average Bonchev–Trinajstić information content (AvgIpc) is 3.16. The molecule has 3 heterocycles. The number of ether oxygens (including phenoxy) is 2. The third-order valence-corrected chi connectivity index (χ3v) is 5.36. The minimum Gasteiger partial charge on any atom is -0.487 e. The van der Waals surface area contributed by atoms with Gasteiger partial charge < -0.3 is 24.5 Å². The molecule has 0 atom stereocenters. The standard InChI is InChI=1S/C22H26N4O3.2ClH/c1-28-16-22(8-10-23-11-9-22)21(27)25-17-5-4-6-19(13-17)29-15-18-14-26-12-3-2-7-20(26)24-18;;/h2-7,12-14,23H,8-11,15-16H2,1H3,(H,25,27);2*1H. The number of benzene rings is 1. The van der Waals surface area contributed by atoms with Crippen LogP contribution in [0.5, 0.6) is 5.75 Å². The molecule has 0 spiro atoms. The summed E-state index contributed by atoms with van der Waals surface area (Å²) in [7, 11) is 1.64. The van der Waals surface area contributed by atoms with Crippen LogP contribution >= 0.6 is 24.8 Å². The van der Waals surface area contributed by atoms with E-state index in [1.807, 2.05) is 59.3 Å². The molecule has 1 aliphatic rings. The number of carbonyl (C=O) groups is 1. The number of halogens is 2. The molecule has 0 aliphatic carbocycles.